The molecule has 0 saturated carbocycles. The van der Waals surface area contributed by atoms with Gasteiger partial charge in [0.25, 0.3) is 0 Å². The number of thioether (sulfide) groups is 1. The Kier molecular flexibility index (Phi) is 24.0. The second kappa shape index (κ2) is 29.0. The molecule has 6 rings (SSSR count). The van der Waals surface area contributed by atoms with E-state index < -0.39 is 0 Å². The maximum Gasteiger partial charge on any atom is 0.122 e. The summed E-state index contributed by atoms with van der Waals surface area (Å²) in [5, 5.41) is 67.0. The van der Waals surface area contributed by atoms with Crippen LogP contribution in [-0.4, -0.2) is 36.4 Å². The Bertz CT molecular complexity index is 3140. The molecule has 0 aromatic heterocycles. The van der Waals surface area contributed by atoms with E-state index >= 15 is 0 Å². The Morgan fingerprint density at radius 2 is 0.644 bits per heavy atom. The van der Waals surface area contributed by atoms with Crippen molar-refractivity contribution in [2.24, 2.45) is 0 Å². The molecule has 0 aliphatic heterocycles. The van der Waals surface area contributed by atoms with Crippen LogP contribution < -0.4 is 0 Å². The van der Waals surface area contributed by atoms with Gasteiger partial charge in [-0.15, -0.1) is 0 Å². The minimum atomic E-state index is -0.291. The van der Waals surface area contributed by atoms with Gasteiger partial charge in [-0.2, -0.15) is 11.8 Å². The van der Waals surface area contributed by atoms with Crippen molar-refractivity contribution in [3.05, 3.63) is 173 Å². The topological polar surface area (TPSA) is 121 Å². The highest BCUT2D eigenvalue weighted by Crippen LogP contribution is 2.52. The first kappa shape index (κ1) is 72.2. The van der Waals surface area contributed by atoms with Gasteiger partial charge in [-0.25, -0.2) is 0 Å². The number of hydrogen-bond acceptors (Lipinski definition) is 7. The average molecular weight is 1210 g/mol. The third-order valence-electron chi connectivity index (χ3n) is 17.8. The van der Waals surface area contributed by atoms with Crippen molar-refractivity contribution in [3.8, 4) is 34.5 Å². The lowest BCUT2D eigenvalue weighted by Gasteiger charge is -2.38. The van der Waals surface area contributed by atoms with Crippen molar-refractivity contribution in [1.29, 1.82) is 0 Å². The summed E-state index contributed by atoms with van der Waals surface area (Å²) in [6.07, 6.45) is 14.9. The van der Waals surface area contributed by atoms with Crippen LogP contribution in [0.5, 0.6) is 34.5 Å². The molecule has 6 N–H and O–H groups in total. The van der Waals surface area contributed by atoms with E-state index in [1.165, 1.54) is 80.9 Å². The molecular weight excluding hydrogens is 1090 g/mol. The molecule has 0 fully saturated rings. The van der Waals surface area contributed by atoms with Crippen LogP contribution in [0.15, 0.2) is 72.8 Å². The lowest BCUT2D eigenvalue weighted by atomic mass is 9.73. The van der Waals surface area contributed by atoms with E-state index in [1.807, 2.05) is 75.4 Å². The Balaban J connectivity index is 0.000000348. The lowest BCUT2D eigenvalue weighted by Crippen LogP contribution is -2.26. The van der Waals surface area contributed by atoms with Gasteiger partial charge in [0.15, 0.2) is 0 Å². The van der Waals surface area contributed by atoms with Crippen LogP contribution in [0, 0.1) is 41.5 Å². The molecule has 0 heterocycles. The SMILES string of the molecule is CCCCCCCCCCCCSC(C)(CC(c1cc(C(C)(C)C)c(O)cc1C)c1cc(C(C)(C)C)c(O)cc1C)c1cc(C(C)(C)C)c(O)cc1C.Cc1cc(Cc2cc(C)cc(C(C)(C)C)c2O)c(O)c(Cc2cc(C)cc(C(C)(C)C)c2O)c1. The van der Waals surface area contributed by atoms with Gasteiger partial charge in [0, 0.05) is 23.5 Å². The van der Waals surface area contributed by atoms with E-state index in [9.17, 15) is 30.6 Å². The molecule has 0 bridgehead atoms. The van der Waals surface area contributed by atoms with Crippen LogP contribution in [0.4, 0.5) is 0 Å². The summed E-state index contributed by atoms with van der Waals surface area (Å²) in [6.45, 7) is 49.3. The standard InChI is InChI=1S/C49H76O3S.C31H40O3/c1-15-16-17-18-19-20-21-22-23-24-25-53-49(14,39-31-42(48(11,12)13)45(52)28-35(39)4)32-38(36-29-40(46(5,6)7)43(50)26-33(36)2)37-30-41(47(8,9)10)44(51)27-34(37)3;1-18-10-21(16-23-12-19(2)14-25(28(23)33)30(4,5)6)27(32)22(11-18)17-24-13-20(3)15-26(29(24)34)31(7,8)9/h26-31,38,50-52H,15-25,32H2,1-14H3;10-15,32-34H,16-17H2,1-9H3. The van der Waals surface area contributed by atoms with E-state index in [1.54, 1.807) is 0 Å². The Morgan fingerprint density at radius 3 is 1.00 bits per heavy atom. The van der Waals surface area contributed by atoms with E-state index in [-0.39, 0.29) is 43.5 Å². The fourth-order valence-corrected chi connectivity index (χ4v) is 14.3. The van der Waals surface area contributed by atoms with Crippen LogP contribution >= 0.6 is 11.8 Å². The van der Waals surface area contributed by atoms with Crippen molar-refractivity contribution >= 4 is 11.8 Å². The Morgan fingerprint density at radius 1 is 0.333 bits per heavy atom. The molecule has 1 unspecified atom stereocenters. The van der Waals surface area contributed by atoms with Gasteiger partial charge < -0.3 is 30.6 Å². The third kappa shape index (κ3) is 19.0. The molecule has 6 aromatic rings. The number of unbranched alkanes of at least 4 members (excludes halogenated alkanes) is 9. The molecule has 0 amide bonds. The van der Waals surface area contributed by atoms with Gasteiger partial charge in [0.2, 0.25) is 0 Å². The first-order valence-electron chi connectivity index (χ1n) is 32.7. The summed E-state index contributed by atoms with van der Waals surface area (Å²) < 4.78 is -0.291. The van der Waals surface area contributed by atoms with E-state index in [2.05, 4.69) is 168 Å². The van der Waals surface area contributed by atoms with Gasteiger partial charge >= 0.3 is 0 Å². The fourth-order valence-electron chi connectivity index (χ4n) is 12.9. The number of benzene rings is 6. The molecular formula is C80H116O6S. The quantitative estimate of drug-likeness (QED) is 0.0397. The molecule has 7 heteroatoms. The normalized spacial score (nSPS) is 13.2. The number of phenols is 6. The summed E-state index contributed by atoms with van der Waals surface area (Å²) in [5.74, 6) is 2.94. The number of rotatable bonds is 21. The van der Waals surface area contributed by atoms with Gasteiger partial charge in [-0.05, 0) is 202 Å². The molecule has 6 nitrogen and oxygen atoms in total. The lowest BCUT2D eigenvalue weighted by molar-refractivity contribution is 0.438. The smallest absolute Gasteiger partial charge is 0.122 e. The second-order valence-electron chi connectivity index (χ2n) is 31.3. The Labute approximate surface area is 533 Å². The summed E-state index contributed by atoms with van der Waals surface area (Å²) in [4.78, 5) is 0. The molecule has 0 spiro atoms. The first-order valence-corrected chi connectivity index (χ1v) is 33.7. The summed E-state index contributed by atoms with van der Waals surface area (Å²) in [7, 11) is 0. The molecule has 87 heavy (non-hydrogen) atoms. The van der Waals surface area contributed by atoms with Gasteiger partial charge in [0.05, 0.1) is 0 Å². The van der Waals surface area contributed by atoms with Crippen LogP contribution in [0.3, 0.4) is 0 Å². The van der Waals surface area contributed by atoms with Gasteiger partial charge in [-0.3, -0.25) is 0 Å². The fraction of sp³-hybridized carbons (Fsp3) is 0.550. The van der Waals surface area contributed by atoms with Crippen LogP contribution in [0.1, 0.15) is 294 Å². The average Bonchev–Trinajstić information content (AvgIpc) is 0.906. The largest absolute Gasteiger partial charge is 0.508 e. The maximum atomic E-state index is 11.3. The molecule has 0 aliphatic carbocycles. The second-order valence-corrected chi connectivity index (χ2v) is 32.9. The van der Waals surface area contributed by atoms with E-state index in [0.29, 0.717) is 41.6 Å². The van der Waals surface area contributed by atoms with E-state index in [4.69, 9.17) is 0 Å². The zero-order valence-electron chi connectivity index (χ0n) is 58.5. The molecule has 478 valence electrons. The first-order chi connectivity index (χ1) is 40.1. The van der Waals surface area contributed by atoms with Crippen LogP contribution in [0.25, 0.3) is 0 Å². The molecule has 6 aromatic carbocycles. The van der Waals surface area contributed by atoms with Crippen molar-refractivity contribution in [1.82, 2.24) is 0 Å². The summed E-state index contributed by atoms with van der Waals surface area (Å²) in [6, 6.07) is 24.7. The van der Waals surface area contributed by atoms with Crippen molar-refractivity contribution in [2.45, 2.75) is 280 Å². The molecule has 1 atom stereocenters. The highest BCUT2D eigenvalue weighted by Gasteiger charge is 2.38. The summed E-state index contributed by atoms with van der Waals surface area (Å²) in [5.41, 5.74) is 17.0. The summed E-state index contributed by atoms with van der Waals surface area (Å²) >= 11 is 2.07. The van der Waals surface area contributed by atoms with Crippen molar-refractivity contribution < 1.29 is 30.6 Å². The zero-order valence-corrected chi connectivity index (χ0v) is 59.3. The molecule has 0 radical (unpaired) electrons. The maximum absolute atomic E-state index is 11.3. The molecule has 0 saturated heterocycles. The predicted molar refractivity (Wildman–Crippen MR) is 374 cm³/mol. The highest BCUT2D eigenvalue weighted by molar-refractivity contribution is 8.00. The van der Waals surface area contributed by atoms with Crippen molar-refractivity contribution in [3.63, 3.8) is 0 Å². The third-order valence-corrected chi connectivity index (χ3v) is 19.3. The van der Waals surface area contributed by atoms with Crippen LogP contribution in [0.2, 0.25) is 0 Å². The predicted octanol–water partition coefficient (Wildman–Crippen LogP) is 22.2. The molecule has 0 aliphatic rings. The Hall–Kier alpha value is -5.53. The van der Waals surface area contributed by atoms with Crippen LogP contribution in [-0.2, 0) is 44.7 Å². The van der Waals surface area contributed by atoms with Gasteiger partial charge in [0.1, 0.15) is 34.5 Å². The monoisotopic (exact) mass is 1200 g/mol. The zero-order chi connectivity index (χ0) is 65.5. The highest BCUT2D eigenvalue weighted by atomic mass is 32.2. The number of aryl methyl sites for hydroxylation is 6. The minimum absolute atomic E-state index is 0.00472. The van der Waals surface area contributed by atoms with E-state index in [0.717, 1.165) is 95.6 Å². The number of aromatic hydroxyl groups is 6. The number of phenolic OH excluding ortho intramolecular Hbond substituents is 6. The minimum Gasteiger partial charge on any atom is -0.508 e. The van der Waals surface area contributed by atoms with Gasteiger partial charge in [-0.1, -0.05) is 234 Å². The van der Waals surface area contributed by atoms with Crippen molar-refractivity contribution in [2.75, 3.05) is 5.75 Å². The number of hydrogen-bond donors (Lipinski definition) is 6.